The standard InChI is InChI=1S/C19H19N5O3S/c1-26-10-13(24-6-3-5-22-24)15-12-4-2-7-27-16-14(12)18(19(25)23-15)28-17(16)11-8-20-21-9-11/h3,5-6,8-9,13H,2,4,7,10H2,1H3,(H,20,21)(H,23,25). The number of hydrogen-bond acceptors (Lipinski definition) is 6. The van der Waals surface area contributed by atoms with Gasteiger partial charge in [-0.1, -0.05) is 0 Å². The Balaban J connectivity index is 1.80. The first-order chi connectivity index (χ1) is 13.8. The number of hydrogen-bond donors (Lipinski definition) is 2. The van der Waals surface area contributed by atoms with Gasteiger partial charge in [-0.05, 0) is 24.5 Å². The van der Waals surface area contributed by atoms with Crippen molar-refractivity contribution in [2.45, 2.75) is 18.9 Å². The van der Waals surface area contributed by atoms with Crippen LogP contribution in [0.3, 0.4) is 0 Å². The summed E-state index contributed by atoms with van der Waals surface area (Å²) in [5, 5.41) is 12.2. The third kappa shape index (κ3) is 2.66. The SMILES string of the molecule is COCC(c1[nH]c(=O)c2sc(-c3cn[nH]c3)c3c2c1CCCO3)n1cccn1. The molecule has 1 aliphatic heterocycles. The molecule has 144 valence electrons. The van der Waals surface area contributed by atoms with Gasteiger partial charge < -0.3 is 14.5 Å². The van der Waals surface area contributed by atoms with Crippen molar-refractivity contribution in [2.75, 3.05) is 20.3 Å². The van der Waals surface area contributed by atoms with E-state index in [9.17, 15) is 4.79 Å². The lowest BCUT2D eigenvalue weighted by atomic mass is 9.99. The van der Waals surface area contributed by atoms with Crippen LogP contribution in [0.2, 0.25) is 0 Å². The van der Waals surface area contributed by atoms with E-state index in [1.54, 1.807) is 19.5 Å². The van der Waals surface area contributed by atoms with Gasteiger partial charge in [-0.2, -0.15) is 10.2 Å². The Hall–Kier alpha value is -2.91. The topological polar surface area (TPSA) is 97.8 Å². The normalized spacial score (nSPS) is 14.8. The predicted octanol–water partition coefficient (Wildman–Crippen LogP) is 2.74. The molecule has 28 heavy (non-hydrogen) atoms. The molecular weight excluding hydrogens is 378 g/mol. The van der Waals surface area contributed by atoms with Crippen LogP contribution in [-0.2, 0) is 11.2 Å². The molecule has 0 saturated carbocycles. The Bertz CT molecular complexity index is 1160. The van der Waals surface area contributed by atoms with Gasteiger partial charge in [0, 0.05) is 42.3 Å². The zero-order valence-electron chi connectivity index (χ0n) is 15.3. The number of pyridine rings is 1. The van der Waals surface area contributed by atoms with Crippen LogP contribution >= 0.6 is 11.3 Å². The fraction of sp³-hybridized carbons (Fsp3) is 0.316. The second-order valence-electron chi connectivity index (χ2n) is 6.71. The van der Waals surface area contributed by atoms with E-state index in [1.807, 2.05) is 23.1 Å². The highest BCUT2D eigenvalue weighted by Gasteiger charge is 2.28. The van der Waals surface area contributed by atoms with Crippen molar-refractivity contribution >= 4 is 21.4 Å². The Morgan fingerprint density at radius 1 is 1.46 bits per heavy atom. The van der Waals surface area contributed by atoms with E-state index >= 15 is 0 Å². The number of nitrogens with one attached hydrogen (secondary N) is 2. The van der Waals surface area contributed by atoms with Gasteiger partial charge in [-0.15, -0.1) is 11.3 Å². The molecule has 5 rings (SSSR count). The van der Waals surface area contributed by atoms with E-state index < -0.39 is 0 Å². The molecule has 1 unspecified atom stereocenters. The van der Waals surface area contributed by atoms with Crippen molar-refractivity contribution in [3.05, 3.63) is 52.5 Å². The summed E-state index contributed by atoms with van der Waals surface area (Å²) in [6, 6.07) is 1.66. The maximum atomic E-state index is 13.0. The lowest BCUT2D eigenvalue weighted by Crippen LogP contribution is -2.23. The van der Waals surface area contributed by atoms with Gasteiger partial charge in [0.2, 0.25) is 0 Å². The summed E-state index contributed by atoms with van der Waals surface area (Å²) in [6.45, 7) is 1.01. The zero-order chi connectivity index (χ0) is 19.1. The maximum absolute atomic E-state index is 13.0. The van der Waals surface area contributed by atoms with E-state index in [1.165, 1.54) is 11.3 Å². The van der Waals surface area contributed by atoms with Crippen LogP contribution in [0.1, 0.15) is 23.7 Å². The minimum absolute atomic E-state index is 0.117. The van der Waals surface area contributed by atoms with E-state index in [0.717, 1.165) is 45.7 Å². The van der Waals surface area contributed by atoms with E-state index in [-0.39, 0.29) is 11.6 Å². The quantitative estimate of drug-likeness (QED) is 0.540. The summed E-state index contributed by atoms with van der Waals surface area (Å²) < 4.78 is 14.1. The van der Waals surface area contributed by atoms with Crippen molar-refractivity contribution in [1.82, 2.24) is 25.0 Å². The lowest BCUT2D eigenvalue weighted by Gasteiger charge is -2.20. The first-order valence-corrected chi connectivity index (χ1v) is 9.91. The van der Waals surface area contributed by atoms with Crippen molar-refractivity contribution in [2.24, 2.45) is 0 Å². The van der Waals surface area contributed by atoms with Crippen molar-refractivity contribution < 1.29 is 9.47 Å². The van der Waals surface area contributed by atoms with Crippen LogP contribution in [-0.4, -0.2) is 45.3 Å². The first-order valence-electron chi connectivity index (χ1n) is 9.09. The molecular formula is C19H19N5O3S. The molecule has 0 amide bonds. The van der Waals surface area contributed by atoms with E-state index in [0.29, 0.717) is 17.9 Å². The summed E-state index contributed by atoms with van der Waals surface area (Å²) in [7, 11) is 1.65. The van der Waals surface area contributed by atoms with Gasteiger partial charge in [-0.25, -0.2) is 0 Å². The maximum Gasteiger partial charge on any atom is 0.266 e. The molecule has 0 aliphatic carbocycles. The minimum Gasteiger partial charge on any atom is -0.491 e. The Morgan fingerprint density at radius 2 is 2.39 bits per heavy atom. The van der Waals surface area contributed by atoms with Gasteiger partial charge in [0.25, 0.3) is 5.56 Å². The van der Waals surface area contributed by atoms with Crippen LogP contribution in [0.4, 0.5) is 0 Å². The van der Waals surface area contributed by atoms with Crippen LogP contribution in [0, 0.1) is 0 Å². The summed E-state index contributed by atoms with van der Waals surface area (Å²) in [4.78, 5) is 17.1. The third-order valence-electron chi connectivity index (χ3n) is 5.03. The number of H-pyrrole nitrogens is 2. The van der Waals surface area contributed by atoms with Crippen molar-refractivity contribution in [3.63, 3.8) is 0 Å². The molecule has 0 radical (unpaired) electrons. The molecule has 4 aromatic heterocycles. The highest BCUT2D eigenvalue weighted by molar-refractivity contribution is 7.22. The molecule has 4 aromatic rings. The number of methoxy groups -OCH3 is 1. The molecule has 1 aliphatic rings. The molecule has 0 spiro atoms. The van der Waals surface area contributed by atoms with Crippen LogP contribution in [0.5, 0.6) is 5.75 Å². The molecule has 2 N–H and O–H groups in total. The second kappa shape index (κ2) is 6.92. The lowest BCUT2D eigenvalue weighted by molar-refractivity contribution is 0.162. The zero-order valence-corrected chi connectivity index (χ0v) is 16.1. The van der Waals surface area contributed by atoms with Gasteiger partial charge >= 0.3 is 0 Å². The number of aryl methyl sites for hydroxylation is 1. The molecule has 0 saturated heterocycles. The van der Waals surface area contributed by atoms with Crippen LogP contribution in [0.15, 0.2) is 35.6 Å². The summed E-state index contributed by atoms with van der Waals surface area (Å²) in [6.07, 6.45) is 8.88. The molecule has 0 aromatic carbocycles. The summed E-state index contributed by atoms with van der Waals surface area (Å²) in [5.74, 6) is 0.776. The first kappa shape index (κ1) is 17.2. The van der Waals surface area contributed by atoms with E-state index in [4.69, 9.17) is 9.47 Å². The van der Waals surface area contributed by atoms with E-state index in [2.05, 4.69) is 20.3 Å². The number of nitrogens with zero attached hydrogens (tertiary/aromatic N) is 3. The highest BCUT2D eigenvalue weighted by atomic mass is 32.1. The summed E-state index contributed by atoms with van der Waals surface area (Å²) in [5.41, 5.74) is 2.75. The molecule has 1 atom stereocenters. The van der Waals surface area contributed by atoms with Crippen molar-refractivity contribution in [3.8, 4) is 16.2 Å². The van der Waals surface area contributed by atoms with Crippen LogP contribution < -0.4 is 10.3 Å². The second-order valence-corrected chi connectivity index (χ2v) is 7.73. The number of aromatic nitrogens is 5. The Morgan fingerprint density at radius 3 is 3.14 bits per heavy atom. The van der Waals surface area contributed by atoms with Gasteiger partial charge in [0.05, 0.1) is 24.3 Å². The minimum atomic E-state index is -0.213. The average Bonchev–Trinajstić information content (AvgIpc) is 3.43. The molecule has 0 fully saturated rings. The summed E-state index contributed by atoms with van der Waals surface area (Å²) >= 11 is 1.45. The molecule has 8 nitrogen and oxygen atoms in total. The van der Waals surface area contributed by atoms with Crippen LogP contribution in [0.25, 0.3) is 20.5 Å². The number of ether oxygens (including phenoxy) is 2. The number of rotatable bonds is 5. The van der Waals surface area contributed by atoms with Gasteiger partial charge in [0.1, 0.15) is 16.5 Å². The van der Waals surface area contributed by atoms with Crippen molar-refractivity contribution in [1.29, 1.82) is 0 Å². The third-order valence-corrected chi connectivity index (χ3v) is 6.24. The molecule has 9 heteroatoms. The number of thiophene rings is 1. The Kier molecular flexibility index (Phi) is 4.25. The molecule has 5 heterocycles. The largest absolute Gasteiger partial charge is 0.491 e. The fourth-order valence-corrected chi connectivity index (χ4v) is 4.97. The monoisotopic (exact) mass is 397 g/mol. The number of aromatic amines is 2. The molecule has 0 bridgehead atoms. The average molecular weight is 397 g/mol. The Labute approximate surface area is 164 Å². The highest BCUT2D eigenvalue weighted by Crippen LogP contribution is 2.46. The predicted molar refractivity (Wildman–Crippen MR) is 106 cm³/mol. The van der Waals surface area contributed by atoms with Gasteiger partial charge in [0.15, 0.2) is 0 Å². The van der Waals surface area contributed by atoms with Gasteiger partial charge in [-0.3, -0.25) is 14.6 Å². The smallest absolute Gasteiger partial charge is 0.266 e. The fourth-order valence-electron chi connectivity index (χ4n) is 3.82.